The summed E-state index contributed by atoms with van der Waals surface area (Å²) in [6.45, 7) is 15.0. The van der Waals surface area contributed by atoms with E-state index in [1.807, 2.05) is 26.0 Å². The first-order chi connectivity index (χ1) is 19.9. The molecule has 5 aliphatic carbocycles. The number of nitrogens with zero attached hydrogens (tertiary/aromatic N) is 3. The minimum Gasteiger partial charge on any atom is -0.364 e. The van der Waals surface area contributed by atoms with Gasteiger partial charge in [-0.25, -0.2) is 4.98 Å². The minimum absolute atomic E-state index is 0.0248. The number of carbonyl (C=O) groups is 4. The van der Waals surface area contributed by atoms with E-state index in [1.54, 1.807) is 0 Å². The van der Waals surface area contributed by atoms with Crippen molar-refractivity contribution >= 4 is 23.4 Å². The normalized spacial score (nSPS) is 40.9. The molecule has 3 saturated carbocycles. The molecule has 1 aromatic rings. The number of Topliss-reactive ketones (excluding diaryl/α,β-unsaturated/α-hetero) is 1. The van der Waals surface area contributed by atoms with Crippen LogP contribution in [0.4, 0.5) is 0 Å². The van der Waals surface area contributed by atoms with Crippen molar-refractivity contribution < 1.29 is 19.2 Å². The summed E-state index contributed by atoms with van der Waals surface area (Å²) in [7, 11) is 0. The molecule has 8 nitrogen and oxygen atoms in total. The zero-order valence-corrected chi connectivity index (χ0v) is 26.5. The molecule has 43 heavy (non-hydrogen) atoms. The van der Waals surface area contributed by atoms with Gasteiger partial charge in [0, 0.05) is 16.7 Å². The van der Waals surface area contributed by atoms with Crippen molar-refractivity contribution in [1.29, 1.82) is 5.26 Å². The lowest BCUT2D eigenvalue weighted by Crippen LogP contribution is -2.66. The molecule has 228 valence electrons. The molecule has 7 atom stereocenters. The summed E-state index contributed by atoms with van der Waals surface area (Å²) >= 11 is 0. The van der Waals surface area contributed by atoms with Crippen LogP contribution < -0.4 is 5.73 Å². The predicted octanol–water partition coefficient (Wildman–Crippen LogP) is 5.84. The van der Waals surface area contributed by atoms with Crippen LogP contribution in [0.1, 0.15) is 109 Å². The zero-order chi connectivity index (χ0) is 31.5. The number of fused-ring (bicyclic) bond motifs is 7. The summed E-state index contributed by atoms with van der Waals surface area (Å²) in [6.07, 6.45) is 11.6. The van der Waals surface area contributed by atoms with Crippen LogP contribution >= 0.6 is 0 Å². The van der Waals surface area contributed by atoms with Gasteiger partial charge in [0.1, 0.15) is 18.1 Å². The number of carbonyl (C=O) groups excluding carboxylic acids is 4. The second-order valence-corrected chi connectivity index (χ2v) is 16.2. The molecule has 1 heterocycles. The lowest BCUT2D eigenvalue weighted by atomic mass is 9.34. The Labute approximate surface area is 254 Å². The van der Waals surface area contributed by atoms with Gasteiger partial charge in [-0.2, -0.15) is 5.26 Å². The highest BCUT2D eigenvalue weighted by Gasteiger charge is 2.71. The van der Waals surface area contributed by atoms with Crippen LogP contribution in [0.3, 0.4) is 0 Å². The molecule has 7 unspecified atom stereocenters. The average Bonchev–Trinajstić information content (AvgIpc) is 3.42. The molecule has 2 N–H and O–H groups in total. The van der Waals surface area contributed by atoms with E-state index in [0.29, 0.717) is 19.3 Å². The van der Waals surface area contributed by atoms with Gasteiger partial charge in [-0.15, -0.1) is 0 Å². The Morgan fingerprint density at radius 2 is 1.70 bits per heavy atom. The van der Waals surface area contributed by atoms with E-state index in [9.17, 15) is 24.4 Å². The van der Waals surface area contributed by atoms with E-state index >= 15 is 0 Å². The third-order valence-corrected chi connectivity index (χ3v) is 13.4. The Balaban J connectivity index is 1.52. The molecule has 1 amide bonds. The summed E-state index contributed by atoms with van der Waals surface area (Å²) in [5.41, 5.74) is 3.92. The van der Waals surface area contributed by atoms with E-state index in [-0.39, 0.29) is 57.3 Å². The Hall–Kier alpha value is -3.34. The van der Waals surface area contributed by atoms with Gasteiger partial charge in [0.2, 0.25) is 5.91 Å². The third-order valence-electron chi connectivity index (χ3n) is 13.4. The van der Waals surface area contributed by atoms with E-state index < -0.39 is 27.6 Å². The van der Waals surface area contributed by atoms with Crippen molar-refractivity contribution in [2.75, 3.05) is 0 Å². The van der Waals surface area contributed by atoms with Gasteiger partial charge in [-0.05, 0) is 79.1 Å². The highest BCUT2D eigenvalue weighted by Crippen LogP contribution is 2.74. The first-order valence-corrected chi connectivity index (χ1v) is 15.7. The molecule has 0 saturated heterocycles. The van der Waals surface area contributed by atoms with Crippen LogP contribution in [0.25, 0.3) is 0 Å². The number of hydrogen-bond acceptors (Lipinski definition) is 6. The van der Waals surface area contributed by atoms with E-state index in [1.165, 1.54) is 17.1 Å². The molecule has 1 aromatic heterocycles. The maximum Gasteiger partial charge on any atom is 0.267 e. The fourth-order valence-electron chi connectivity index (χ4n) is 10.9. The molecule has 3 fully saturated rings. The second-order valence-electron chi connectivity index (χ2n) is 16.2. The van der Waals surface area contributed by atoms with Crippen LogP contribution in [0, 0.1) is 61.6 Å². The third kappa shape index (κ3) is 3.63. The number of amides is 1. The summed E-state index contributed by atoms with van der Waals surface area (Å²) < 4.78 is 1.33. The Morgan fingerprint density at radius 1 is 1.02 bits per heavy atom. The fourth-order valence-corrected chi connectivity index (χ4v) is 10.9. The maximum absolute atomic E-state index is 14.7. The van der Waals surface area contributed by atoms with Crippen molar-refractivity contribution in [3.8, 4) is 6.07 Å². The van der Waals surface area contributed by atoms with Crippen molar-refractivity contribution in [2.45, 2.75) is 93.4 Å². The zero-order valence-electron chi connectivity index (χ0n) is 26.5. The van der Waals surface area contributed by atoms with E-state index in [2.05, 4.69) is 45.7 Å². The van der Waals surface area contributed by atoms with Gasteiger partial charge in [-0.1, -0.05) is 60.1 Å². The molecule has 0 radical (unpaired) electrons. The highest BCUT2D eigenvalue weighted by molar-refractivity contribution is 6.05. The van der Waals surface area contributed by atoms with Crippen molar-refractivity contribution in [2.24, 2.45) is 56.0 Å². The molecule has 6 rings (SSSR count). The number of ketones is 2. The molecule has 0 spiro atoms. The first kappa shape index (κ1) is 29.7. The molecule has 8 heteroatoms. The Kier molecular flexibility index (Phi) is 6.12. The minimum atomic E-state index is -0.809. The Morgan fingerprint density at radius 3 is 2.35 bits per heavy atom. The monoisotopic (exact) mass is 584 g/mol. The van der Waals surface area contributed by atoms with Crippen molar-refractivity contribution in [1.82, 2.24) is 9.55 Å². The number of rotatable bonds is 2. The number of primary amides is 1. The average molecular weight is 585 g/mol. The summed E-state index contributed by atoms with van der Waals surface area (Å²) in [6, 6.07) is 2.16. The SMILES string of the molecule is CC1(C)CCC2(C(=O)n3cncc3C(N)=O)CCC3(C)C(C(=O)C=C4C5(C)C=C(C#N)C(=O)C(C)(C)C5CCC43C)C2C1. The van der Waals surface area contributed by atoms with Crippen molar-refractivity contribution in [3.05, 3.63) is 41.5 Å². The van der Waals surface area contributed by atoms with Gasteiger partial charge >= 0.3 is 0 Å². The number of nitrogens with two attached hydrogens (primary N) is 1. The summed E-state index contributed by atoms with van der Waals surface area (Å²) in [5.74, 6) is -1.58. The van der Waals surface area contributed by atoms with Gasteiger partial charge in [0.25, 0.3) is 5.91 Å². The number of hydrogen-bond donors (Lipinski definition) is 1. The maximum atomic E-state index is 14.7. The van der Waals surface area contributed by atoms with Crippen LogP contribution in [-0.2, 0) is 9.59 Å². The van der Waals surface area contributed by atoms with Gasteiger partial charge in [0.15, 0.2) is 11.6 Å². The number of nitriles is 1. The molecular formula is C35H44N4O4. The quantitative estimate of drug-likeness (QED) is 0.464. The summed E-state index contributed by atoms with van der Waals surface area (Å²) in [5, 5.41) is 9.95. The Bertz CT molecular complexity index is 1590. The van der Waals surface area contributed by atoms with Crippen LogP contribution in [0.15, 0.2) is 35.8 Å². The largest absolute Gasteiger partial charge is 0.364 e. The topological polar surface area (TPSA) is 136 Å². The lowest BCUT2D eigenvalue weighted by Gasteiger charge is -2.69. The standard InChI is InChI=1S/C35H44N4O4/c1-30(2)10-12-35(29(43)39-19-38-18-22(39)28(37)42)13-11-34(7)26(21(35)16-30)23(40)14-25-32(5)15-20(17-36)27(41)31(3,4)24(32)8-9-33(25,34)6/h14-15,18-19,21,24,26H,8-13,16H2,1-7H3,(H2,37,42). The number of aromatic nitrogens is 2. The predicted molar refractivity (Wildman–Crippen MR) is 160 cm³/mol. The van der Waals surface area contributed by atoms with E-state index in [4.69, 9.17) is 5.73 Å². The first-order valence-electron chi connectivity index (χ1n) is 15.7. The second kappa shape index (κ2) is 8.86. The summed E-state index contributed by atoms with van der Waals surface area (Å²) in [4.78, 5) is 58.8. The number of allylic oxidation sites excluding steroid dienone is 4. The van der Waals surface area contributed by atoms with Gasteiger partial charge in [0.05, 0.1) is 17.2 Å². The molecule has 0 bridgehead atoms. The van der Waals surface area contributed by atoms with E-state index in [0.717, 1.165) is 31.3 Å². The molecular weight excluding hydrogens is 540 g/mol. The van der Waals surface area contributed by atoms with Gasteiger partial charge in [-0.3, -0.25) is 23.7 Å². The lowest BCUT2D eigenvalue weighted by molar-refractivity contribution is -0.164. The van der Waals surface area contributed by atoms with Gasteiger partial charge < -0.3 is 5.73 Å². The van der Waals surface area contributed by atoms with Crippen LogP contribution in [-0.4, -0.2) is 32.9 Å². The number of imidazole rings is 1. The fraction of sp³-hybridized carbons (Fsp3) is 0.657. The van der Waals surface area contributed by atoms with Crippen LogP contribution in [0.5, 0.6) is 0 Å². The van der Waals surface area contributed by atoms with Crippen LogP contribution in [0.2, 0.25) is 0 Å². The molecule has 5 aliphatic rings. The molecule has 0 aliphatic heterocycles. The smallest absolute Gasteiger partial charge is 0.267 e. The highest BCUT2D eigenvalue weighted by atomic mass is 16.2. The molecule has 0 aromatic carbocycles. The van der Waals surface area contributed by atoms with Crippen molar-refractivity contribution in [3.63, 3.8) is 0 Å².